The van der Waals surface area contributed by atoms with E-state index in [4.69, 9.17) is 0 Å². The van der Waals surface area contributed by atoms with E-state index in [9.17, 15) is 13.6 Å². The Kier molecular flexibility index (Phi) is 4.78. The van der Waals surface area contributed by atoms with Crippen LogP contribution in [0.4, 0.5) is 8.78 Å². The molecule has 7 heteroatoms. The Morgan fingerprint density at radius 1 is 1.15 bits per heavy atom. The monoisotopic (exact) mass is 385 g/mol. The first-order valence-electron chi connectivity index (χ1n) is 8.71. The normalized spacial score (nSPS) is 14.9. The molecule has 1 aromatic heterocycles. The van der Waals surface area contributed by atoms with Gasteiger partial charge in [-0.25, -0.2) is 18.4 Å². The molecule has 27 heavy (non-hydrogen) atoms. The minimum absolute atomic E-state index is 0.138. The van der Waals surface area contributed by atoms with E-state index in [0.29, 0.717) is 11.1 Å². The lowest BCUT2D eigenvalue weighted by Gasteiger charge is -2.08. The number of thioether (sulfide) groups is 1. The maximum Gasteiger partial charge on any atom is 0.209 e. The van der Waals surface area contributed by atoms with Crippen LogP contribution in [0.15, 0.2) is 53.7 Å². The lowest BCUT2D eigenvalue weighted by Crippen LogP contribution is -2.14. The van der Waals surface area contributed by atoms with Crippen molar-refractivity contribution in [2.75, 3.05) is 0 Å². The Balaban J connectivity index is 1.57. The molecule has 138 valence electrons. The summed E-state index contributed by atoms with van der Waals surface area (Å²) < 4.78 is 28.3. The molecule has 0 aliphatic heterocycles. The summed E-state index contributed by atoms with van der Waals surface area (Å²) in [7, 11) is 0. The molecular formula is C20H17F2N3OS. The van der Waals surface area contributed by atoms with Crippen molar-refractivity contribution < 1.29 is 13.6 Å². The molecule has 1 aliphatic rings. The molecule has 3 aromatic rings. The van der Waals surface area contributed by atoms with E-state index < -0.39 is 16.9 Å². The fraction of sp³-hybridized carbons (Fsp3) is 0.250. The maximum absolute atomic E-state index is 13.4. The van der Waals surface area contributed by atoms with E-state index >= 15 is 0 Å². The number of rotatable bonds is 6. The lowest BCUT2D eigenvalue weighted by molar-refractivity contribution is 0.0993. The number of nitrogens with zero attached hydrogens (tertiary/aromatic N) is 3. The first-order valence-corrected chi connectivity index (χ1v) is 9.59. The van der Waals surface area contributed by atoms with Crippen molar-refractivity contribution in [2.45, 2.75) is 36.1 Å². The van der Waals surface area contributed by atoms with Crippen molar-refractivity contribution in [3.05, 3.63) is 71.6 Å². The van der Waals surface area contributed by atoms with Crippen molar-refractivity contribution in [2.24, 2.45) is 0 Å². The molecule has 1 saturated carbocycles. The van der Waals surface area contributed by atoms with E-state index in [0.717, 1.165) is 36.5 Å². The first kappa shape index (κ1) is 17.9. The number of hydrogen-bond acceptors (Lipinski definition) is 4. The van der Waals surface area contributed by atoms with Gasteiger partial charge in [0.25, 0.3) is 0 Å². The van der Waals surface area contributed by atoms with Crippen LogP contribution in [0.25, 0.3) is 5.69 Å². The third-order valence-electron chi connectivity index (χ3n) is 4.41. The lowest BCUT2D eigenvalue weighted by atomic mass is 10.1. The molecule has 0 N–H and O–H groups in total. The number of halogens is 2. The van der Waals surface area contributed by atoms with Crippen LogP contribution >= 0.6 is 11.8 Å². The van der Waals surface area contributed by atoms with E-state index in [1.807, 2.05) is 35.0 Å². The van der Waals surface area contributed by atoms with Gasteiger partial charge in [-0.2, -0.15) is 0 Å². The molecule has 1 heterocycles. The minimum Gasteiger partial charge on any atom is -0.293 e. The molecule has 4 rings (SSSR count). The number of benzene rings is 2. The molecule has 1 aliphatic carbocycles. The largest absolute Gasteiger partial charge is 0.293 e. The third kappa shape index (κ3) is 3.78. The van der Waals surface area contributed by atoms with E-state index in [-0.39, 0.29) is 11.3 Å². The SMILES string of the molecule is C[C@@H](Sc1nc(C2CC2)n(-c2ccccc2)n1)C(=O)c1ccc(F)c(F)c1. The van der Waals surface area contributed by atoms with Gasteiger partial charge >= 0.3 is 0 Å². The van der Waals surface area contributed by atoms with E-state index in [2.05, 4.69) is 10.1 Å². The molecule has 0 bridgehead atoms. The summed E-state index contributed by atoms with van der Waals surface area (Å²) in [6.07, 6.45) is 2.16. The zero-order valence-corrected chi connectivity index (χ0v) is 15.4. The summed E-state index contributed by atoms with van der Waals surface area (Å²) in [5.74, 6) is -0.992. The molecule has 0 spiro atoms. The van der Waals surface area contributed by atoms with Crippen LogP contribution in [0.3, 0.4) is 0 Å². The Bertz CT molecular complexity index is 986. The zero-order chi connectivity index (χ0) is 19.0. The second kappa shape index (κ2) is 7.23. The van der Waals surface area contributed by atoms with Crippen molar-refractivity contribution in [3.8, 4) is 5.69 Å². The topological polar surface area (TPSA) is 47.8 Å². The van der Waals surface area contributed by atoms with Gasteiger partial charge in [0.15, 0.2) is 17.4 Å². The average Bonchev–Trinajstić information content (AvgIpc) is 3.44. The van der Waals surface area contributed by atoms with Crippen LogP contribution in [0.5, 0.6) is 0 Å². The maximum atomic E-state index is 13.4. The van der Waals surface area contributed by atoms with Gasteiger partial charge in [0.2, 0.25) is 5.16 Å². The summed E-state index contributed by atoms with van der Waals surface area (Å²) in [4.78, 5) is 17.2. The molecule has 2 aromatic carbocycles. The highest BCUT2D eigenvalue weighted by Crippen LogP contribution is 2.40. The van der Waals surface area contributed by atoms with Gasteiger partial charge in [-0.3, -0.25) is 4.79 Å². The van der Waals surface area contributed by atoms with Gasteiger partial charge < -0.3 is 0 Å². The average molecular weight is 385 g/mol. The highest BCUT2D eigenvalue weighted by Gasteiger charge is 2.31. The van der Waals surface area contributed by atoms with E-state index in [1.54, 1.807) is 6.92 Å². The number of Topliss-reactive ketones (excluding diaryl/α,β-unsaturated/α-hetero) is 1. The number of para-hydroxylation sites is 1. The molecule has 0 radical (unpaired) electrons. The van der Waals surface area contributed by atoms with Gasteiger partial charge in [0, 0.05) is 11.5 Å². The molecule has 1 fully saturated rings. The highest BCUT2D eigenvalue weighted by atomic mass is 32.2. The molecule has 0 unspecified atom stereocenters. The summed E-state index contributed by atoms with van der Waals surface area (Å²) >= 11 is 1.22. The first-order chi connectivity index (χ1) is 13.0. The fourth-order valence-electron chi connectivity index (χ4n) is 2.82. The quantitative estimate of drug-likeness (QED) is 0.452. The zero-order valence-electron chi connectivity index (χ0n) is 14.6. The van der Waals surface area contributed by atoms with Gasteiger partial charge in [0.1, 0.15) is 5.82 Å². The molecule has 1 atom stereocenters. The molecule has 4 nitrogen and oxygen atoms in total. The van der Waals surface area contributed by atoms with Gasteiger partial charge in [-0.1, -0.05) is 30.0 Å². The van der Waals surface area contributed by atoms with Crippen molar-refractivity contribution in [3.63, 3.8) is 0 Å². The molecular weight excluding hydrogens is 368 g/mol. The van der Waals surface area contributed by atoms with Gasteiger partial charge in [0.05, 0.1) is 10.9 Å². The van der Waals surface area contributed by atoms with E-state index in [1.165, 1.54) is 17.8 Å². The van der Waals surface area contributed by atoms with Crippen molar-refractivity contribution in [1.29, 1.82) is 0 Å². The van der Waals surface area contributed by atoms with Crippen LogP contribution in [-0.4, -0.2) is 25.8 Å². The highest BCUT2D eigenvalue weighted by molar-refractivity contribution is 8.00. The van der Waals surface area contributed by atoms with Crippen LogP contribution in [-0.2, 0) is 0 Å². The van der Waals surface area contributed by atoms with Crippen LogP contribution in [0.2, 0.25) is 0 Å². The third-order valence-corrected chi connectivity index (χ3v) is 5.36. The van der Waals surface area contributed by atoms with Crippen LogP contribution in [0, 0.1) is 11.6 Å². The Morgan fingerprint density at radius 3 is 2.56 bits per heavy atom. The standard InChI is InChI=1S/C20H17F2N3OS/c1-12(18(26)14-9-10-16(21)17(22)11-14)27-20-23-19(13-7-8-13)25(24-20)15-5-3-2-4-6-15/h2-6,9-13H,7-8H2,1H3/t12-/m1/s1. The smallest absolute Gasteiger partial charge is 0.209 e. The summed E-state index contributed by atoms with van der Waals surface area (Å²) in [6.45, 7) is 1.72. The predicted octanol–water partition coefficient (Wildman–Crippen LogP) is 4.79. The van der Waals surface area contributed by atoms with Crippen LogP contribution in [0.1, 0.15) is 41.9 Å². The fourth-order valence-corrected chi connectivity index (χ4v) is 3.65. The molecule has 0 amide bonds. The predicted molar refractivity (Wildman–Crippen MR) is 99.3 cm³/mol. The number of carbonyl (C=O) groups is 1. The Labute approximate surface area is 159 Å². The Hall–Kier alpha value is -2.54. The minimum atomic E-state index is -1.03. The second-order valence-corrected chi connectivity index (χ2v) is 7.84. The summed E-state index contributed by atoms with van der Waals surface area (Å²) in [5.41, 5.74) is 1.07. The molecule has 0 saturated heterocycles. The number of ketones is 1. The Morgan fingerprint density at radius 2 is 1.89 bits per heavy atom. The number of carbonyl (C=O) groups excluding carboxylic acids is 1. The summed E-state index contributed by atoms with van der Waals surface area (Å²) in [6, 6.07) is 12.9. The van der Waals surface area contributed by atoms with Crippen molar-refractivity contribution in [1.82, 2.24) is 14.8 Å². The van der Waals surface area contributed by atoms with Crippen LogP contribution < -0.4 is 0 Å². The van der Waals surface area contributed by atoms with Gasteiger partial charge in [-0.15, -0.1) is 5.10 Å². The second-order valence-electron chi connectivity index (χ2n) is 6.53. The van der Waals surface area contributed by atoms with Gasteiger partial charge in [-0.05, 0) is 50.1 Å². The van der Waals surface area contributed by atoms with Crippen molar-refractivity contribution >= 4 is 17.5 Å². The number of aromatic nitrogens is 3. The number of hydrogen-bond donors (Lipinski definition) is 0. The summed E-state index contributed by atoms with van der Waals surface area (Å²) in [5, 5.41) is 4.56.